The Morgan fingerprint density at radius 2 is 1.75 bits per heavy atom. The molecule has 4 bridgehead atoms. The highest BCUT2D eigenvalue weighted by molar-refractivity contribution is 5.39. The Morgan fingerprint density at radius 3 is 2.30 bits per heavy atom. The maximum absolute atomic E-state index is 11.7. The summed E-state index contributed by atoms with van der Waals surface area (Å²) in [7, 11) is 0. The van der Waals surface area contributed by atoms with Crippen molar-refractivity contribution in [3.63, 3.8) is 0 Å². The highest BCUT2D eigenvalue weighted by Crippen LogP contribution is 2.59. The van der Waals surface area contributed by atoms with Crippen molar-refractivity contribution in [2.24, 2.45) is 23.7 Å². The van der Waals surface area contributed by atoms with Crippen LogP contribution in [0.1, 0.15) is 55.0 Å². The number of aryl methyl sites for hydroxylation is 1. The summed E-state index contributed by atoms with van der Waals surface area (Å²) in [6.07, 6.45) is 6.50. The predicted octanol–water partition coefficient (Wildman–Crippen LogP) is 2.49. The van der Waals surface area contributed by atoms with E-state index in [1.54, 1.807) is 6.92 Å². The van der Waals surface area contributed by atoms with E-state index >= 15 is 0 Å². The van der Waals surface area contributed by atoms with Crippen molar-refractivity contribution in [1.29, 1.82) is 5.26 Å². The molecule has 0 radical (unpaired) electrons. The number of hydrogen-bond acceptors (Lipinski definition) is 3. The molecule has 1 N–H and O–H groups in total. The molecule has 5 rings (SSSR count). The van der Waals surface area contributed by atoms with E-state index in [-0.39, 0.29) is 5.69 Å². The maximum atomic E-state index is 11.7. The lowest BCUT2D eigenvalue weighted by molar-refractivity contribution is -0.00438. The fraction of sp³-hybridized carbons (Fsp3) is 0.688. The van der Waals surface area contributed by atoms with Crippen molar-refractivity contribution < 1.29 is 0 Å². The molecule has 0 atom stereocenters. The van der Waals surface area contributed by atoms with Gasteiger partial charge >= 0.3 is 5.69 Å². The summed E-state index contributed by atoms with van der Waals surface area (Å²) in [6.45, 7) is 1.81. The van der Waals surface area contributed by atoms with E-state index in [0.717, 1.165) is 17.5 Å². The van der Waals surface area contributed by atoms with Gasteiger partial charge < -0.3 is 4.98 Å². The highest BCUT2D eigenvalue weighted by Gasteiger charge is 2.49. The normalized spacial score (nSPS) is 37.9. The minimum absolute atomic E-state index is 0.301. The average Bonchev–Trinajstić information content (AvgIpc) is 2.36. The molecule has 4 fully saturated rings. The van der Waals surface area contributed by atoms with Crippen LogP contribution in [-0.2, 0) is 0 Å². The molecule has 4 saturated carbocycles. The van der Waals surface area contributed by atoms with Gasteiger partial charge in [0.15, 0.2) is 0 Å². The van der Waals surface area contributed by atoms with Gasteiger partial charge in [-0.05, 0) is 62.7 Å². The number of H-pyrrole nitrogens is 1. The molecule has 0 amide bonds. The molecule has 0 spiro atoms. The van der Waals surface area contributed by atoms with E-state index in [1.807, 2.05) is 0 Å². The molecular weight excluding hydrogens is 250 g/mol. The summed E-state index contributed by atoms with van der Waals surface area (Å²) in [5.74, 6) is 3.42. The second-order valence-electron chi connectivity index (χ2n) is 7.00. The number of aromatic amines is 1. The second kappa shape index (κ2) is 4.18. The minimum Gasteiger partial charge on any atom is -0.309 e. The van der Waals surface area contributed by atoms with E-state index in [9.17, 15) is 10.1 Å². The van der Waals surface area contributed by atoms with Gasteiger partial charge in [-0.3, -0.25) is 0 Å². The SMILES string of the molecule is Cc1[nH]c(=O)nc(C2C3CC4CC(C3)CC2C4)c1C#N. The van der Waals surface area contributed by atoms with Crippen LogP contribution in [0.25, 0.3) is 0 Å². The number of aromatic nitrogens is 2. The van der Waals surface area contributed by atoms with E-state index in [4.69, 9.17) is 0 Å². The molecule has 1 aromatic rings. The third kappa shape index (κ3) is 1.65. The summed E-state index contributed by atoms with van der Waals surface area (Å²) in [4.78, 5) is 18.6. The van der Waals surface area contributed by atoms with Crippen LogP contribution in [0.3, 0.4) is 0 Å². The van der Waals surface area contributed by atoms with Crippen molar-refractivity contribution in [3.05, 3.63) is 27.4 Å². The number of nitriles is 1. The zero-order valence-corrected chi connectivity index (χ0v) is 11.7. The molecule has 4 nitrogen and oxygen atoms in total. The summed E-state index contributed by atoms with van der Waals surface area (Å²) < 4.78 is 0. The predicted molar refractivity (Wildman–Crippen MR) is 74.1 cm³/mol. The number of nitrogens with zero attached hydrogens (tertiary/aromatic N) is 2. The summed E-state index contributed by atoms with van der Waals surface area (Å²) >= 11 is 0. The molecule has 1 heterocycles. The topological polar surface area (TPSA) is 69.5 Å². The molecule has 0 aliphatic heterocycles. The molecular formula is C16H19N3O. The summed E-state index contributed by atoms with van der Waals surface area (Å²) in [5, 5.41) is 9.43. The van der Waals surface area contributed by atoms with Gasteiger partial charge in [0.25, 0.3) is 0 Å². The van der Waals surface area contributed by atoms with Gasteiger partial charge in [-0.2, -0.15) is 10.2 Å². The highest BCUT2D eigenvalue weighted by atomic mass is 16.1. The Kier molecular flexibility index (Phi) is 2.54. The van der Waals surface area contributed by atoms with Crippen LogP contribution in [0.15, 0.2) is 4.79 Å². The molecule has 4 aliphatic carbocycles. The molecule has 104 valence electrons. The number of rotatable bonds is 1. The monoisotopic (exact) mass is 269 g/mol. The molecule has 20 heavy (non-hydrogen) atoms. The lowest BCUT2D eigenvalue weighted by Crippen LogP contribution is -2.44. The van der Waals surface area contributed by atoms with Gasteiger partial charge in [0.05, 0.1) is 11.3 Å². The maximum Gasteiger partial charge on any atom is 0.345 e. The molecule has 4 aliphatic rings. The first-order valence-electron chi connectivity index (χ1n) is 7.66. The fourth-order valence-electron chi connectivity index (χ4n) is 5.36. The van der Waals surface area contributed by atoms with Gasteiger partial charge in [-0.1, -0.05) is 0 Å². The Bertz CT molecular complexity index is 627. The molecule has 0 saturated heterocycles. The number of nitrogens with one attached hydrogen (secondary N) is 1. The Hall–Kier alpha value is -1.63. The zero-order valence-electron chi connectivity index (χ0n) is 11.7. The molecule has 1 aromatic heterocycles. The van der Waals surface area contributed by atoms with Crippen LogP contribution >= 0.6 is 0 Å². The van der Waals surface area contributed by atoms with Crippen LogP contribution in [0, 0.1) is 41.9 Å². The lowest BCUT2D eigenvalue weighted by Gasteiger charge is -2.54. The van der Waals surface area contributed by atoms with Crippen LogP contribution in [0.4, 0.5) is 0 Å². The standard InChI is InChI=1S/C16H19N3O/c1-8-13(7-17)15(19-16(20)18-8)14-11-3-9-2-10(5-11)6-12(14)4-9/h9-12,14H,2-6H2,1H3,(H,18,19,20). The zero-order chi connectivity index (χ0) is 13.9. The van der Waals surface area contributed by atoms with E-state index in [1.165, 1.54) is 32.1 Å². The van der Waals surface area contributed by atoms with Crippen LogP contribution in [0.2, 0.25) is 0 Å². The first-order chi connectivity index (χ1) is 9.65. The van der Waals surface area contributed by atoms with Crippen LogP contribution in [-0.4, -0.2) is 9.97 Å². The fourth-order valence-corrected chi connectivity index (χ4v) is 5.36. The number of hydrogen-bond donors (Lipinski definition) is 1. The van der Waals surface area contributed by atoms with Crippen molar-refractivity contribution in [1.82, 2.24) is 9.97 Å². The quantitative estimate of drug-likeness (QED) is 0.851. The lowest BCUT2D eigenvalue weighted by atomic mass is 9.51. The Balaban J connectivity index is 1.82. The van der Waals surface area contributed by atoms with Gasteiger partial charge in [0.1, 0.15) is 6.07 Å². The van der Waals surface area contributed by atoms with Crippen molar-refractivity contribution >= 4 is 0 Å². The van der Waals surface area contributed by atoms with E-state index < -0.39 is 0 Å². The molecule has 0 unspecified atom stereocenters. The van der Waals surface area contributed by atoms with E-state index in [0.29, 0.717) is 29.0 Å². The Labute approximate surface area is 118 Å². The smallest absolute Gasteiger partial charge is 0.309 e. The first-order valence-corrected chi connectivity index (χ1v) is 7.66. The molecule has 0 aromatic carbocycles. The third-order valence-corrected chi connectivity index (χ3v) is 5.80. The van der Waals surface area contributed by atoms with Gasteiger partial charge in [0, 0.05) is 11.6 Å². The van der Waals surface area contributed by atoms with Gasteiger partial charge in [0.2, 0.25) is 0 Å². The Morgan fingerprint density at radius 1 is 1.15 bits per heavy atom. The first kappa shape index (κ1) is 12.1. The van der Waals surface area contributed by atoms with Crippen LogP contribution in [0.5, 0.6) is 0 Å². The third-order valence-electron chi connectivity index (χ3n) is 5.80. The summed E-state index contributed by atoms with van der Waals surface area (Å²) in [5.41, 5.74) is 1.78. The van der Waals surface area contributed by atoms with E-state index in [2.05, 4.69) is 16.0 Å². The summed E-state index contributed by atoms with van der Waals surface area (Å²) in [6, 6.07) is 2.27. The van der Waals surface area contributed by atoms with Gasteiger partial charge in [-0.15, -0.1) is 0 Å². The van der Waals surface area contributed by atoms with Crippen LogP contribution < -0.4 is 5.69 Å². The minimum atomic E-state index is -0.301. The van der Waals surface area contributed by atoms with Gasteiger partial charge in [-0.25, -0.2) is 4.79 Å². The largest absolute Gasteiger partial charge is 0.345 e. The second-order valence-corrected chi connectivity index (χ2v) is 7.00. The molecule has 4 heteroatoms. The van der Waals surface area contributed by atoms with Crippen molar-refractivity contribution in [2.75, 3.05) is 0 Å². The van der Waals surface area contributed by atoms with Crippen molar-refractivity contribution in [2.45, 2.75) is 44.9 Å². The average molecular weight is 269 g/mol. The van der Waals surface area contributed by atoms with Crippen molar-refractivity contribution in [3.8, 4) is 6.07 Å².